The van der Waals surface area contributed by atoms with Crippen molar-refractivity contribution >= 4 is 5.97 Å². The lowest BCUT2D eigenvalue weighted by Crippen LogP contribution is -2.57. The van der Waals surface area contributed by atoms with Crippen LogP contribution in [0.4, 0.5) is 0 Å². The fourth-order valence-corrected chi connectivity index (χ4v) is 10.6. The molecule has 3 heteroatoms. The molecule has 0 aliphatic heterocycles. The third kappa shape index (κ3) is 3.34. The molecule has 0 bridgehead atoms. The van der Waals surface area contributed by atoms with Crippen molar-refractivity contribution in [2.45, 2.75) is 99.0 Å². The van der Waals surface area contributed by atoms with Crippen LogP contribution in [0.1, 0.15) is 92.9 Å². The lowest BCUT2D eigenvalue weighted by atomic mass is 9.45. The summed E-state index contributed by atoms with van der Waals surface area (Å²) in [5, 5.41) is 0. The number of methoxy groups -OCH3 is 1. The van der Waals surface area contributed by atoms with Crippen LogP contribution in [0.2, 0.25) is 0 Å². The second-order valence-corrected chi connectivity index (χ2v) is 13.6. The van der Waals surface area contributed by atoms with E-state index in [0.29, 0.717) is 34.9 Å². The lowest BCUT2D eigenvalue weighted by molar-refractivity contribution is -0.160. The molecule has 5 aliphatic carbocycles. The molecule has 0 aromatic heterocycles. The fraction of sp³-hybridized carbons (Fsp3) is 0.903. The van der Waals surface area contributed by atoms with E-state index in [1.165, 1.54) is 51.4 Å². The molecule has 192 valence electrons. The number of fused-ring (bicyclic) bond motifs is 4. The van der Waals surface area contributed by atoms with Crippen LogP contribution >= 0.6 is 0 Å². The van der Waals surface area contributed by atoms with Crippen molar-refractivity contribution in [1.82, 2.24) is 0 Å². The quantitative estimate of drug-likeness (QED) is 0.289. The Balaban J connectivity index is 1.31. The molecule has 5 saturated carbocycles. The van der Waals surface area contributed by atoms with Crippen LogP contribution in [0.25, 0.3) is 0 Å². The summed E-state index contributed by atoms with van der Waals surface area (Å²) >= 11 is 0. The van der Waals surface area contributed by atoms with E-state index in [2.05, 4.69) is 39.8 Å². The van der Waals surface area contributed by atoms with Crippen molar-refractivity contribution in [3.63, 3.8) is 0 Å². The first-order valence-electron chi connectivity index (χ1n) is 14.5. The van der Waals surface area contributed by atoms with E-state index in [1.54, 1.807) is 0 Å². The Morgan fingerprint density at radius 1 is 1.03 bits per heavy atom. The molecule has 3 nitrogen and oxygen atoms in total. The highest BCUT2D eigenvalue weighted by molar-refractivity contribution is 5.72. The average molecular weight is 471 g/mol. The number of esters is 1. The van der Waals surface area contributed by atoms with Crippen LogP contribution in [0.5, 0.6) is 0 Å². The predicted octanol–water partition coefficient (Wildman–Crippen LogP) is 7.30. The summed E-state index contributed by atoms with van der Waals surface area (Å²) in [5.41, 5.74) is 1.49. The van der Waals surface area contributed by atoms with Crippen molar-refractivity contribution in [3.05, 3.63) is 12.2 Å². The minimum absolute atomic E-state index is 0.0698. The van der Waals surface area contributed by atoms with E-state index in [9.17, 15) is 4.79 Å². The number of allylic oxidation sites excluding steroid dienone is 2. The van der Waals surface area contributed by atoms with Gasteiger partial charge in [-0.25, -0.2) is 0 Å². The van der Waals surface area contributed by atoms with Crippen molar-refractivity contribution in [2.75, 3.05) is 13.7 Å². The summed E-state index contributed by atoms with van der Waals surface area (Å²) in [5.74, 6) is 4.96. The maximum absolute atomic E-state index is 12.2. The number of hydrogen-bond acceptors (Lipinski definition) is 3. The van der Waals surface area contributed by atoms with Gasteiger partial charge in [-0.3, -0.25) is 4.79 Å². The molecule has 1 spiro atoms. The number of rotatable bonds is 7. The summed E-state index contributed by atoms with van der Waals surface area (Å²) in [6.07, 6.45) is 16.5. The van der Waals surface area contributed by atoms with Crippen molar-refractivity contribution in [3.8, 4) is 0 Å². The smallest absolute Gasteiger partial charge is 0.309 e. The maximum atomic E-state index is 12.2. The van der Waals surface area contributed by atoms with Crippen LogP contribution in [-0.4, -0.2) is 25.8 Å². The second-order valence-electron chi connectivity index (χ2n) is 13.6. The van der Waals surface area contributed by atoms with Gasteiger partial charge in [0.1, 0.15) is 0 Å². The molecule has 0 radical (unpaired) electrons. The van der Waals surface area contributed by atoms with Crippen LogP contribution < -0.4 is 0 Å². The molecule has 5 rings (SSSR count). The van der Waals surface area contributed by atoms with Gasteiger partial charge in [0.05, 0.1) is 18.6 Å². The average Bonchev–Trinajstić information content (AvgIpc) is 3.32. The third-order valence-corrected chi connectivity index (χ3v) is 12.7. The van der Waals surface area contributed by atoms with E-state index in [0.717, 1.165) is 29.6 Å². The molecule has 34 heavy (non-hydrogen) atoms. The molecule has 0 heterocycles. The van der Waals surface area contributed by atoms with E-state index in [1.807, 2.05) is 21.0 Å². The monoisotopic (exact) mass is 470 g/mol. The minimum Gasteiger partial charge on any atom is -0.466 e. The Bertz CT molecular complexity index is 819. The molecule has 5 fully saturated rings. The number of hydrogen-bond donors (Lipinski definition) is 0. The van der Waals surface area contributed by atoms with E-state index >= 15 is 0 Å². The Morgan fingerprint density at radius 3 is 2.47 bits per heavy atom. The van der Waals surface area contributed by atoms with Gasteiger partial charge in [-0.2, -0.15) is 0 Å². The van der Waals surface area contributed by atoms with E-state index in [-0.39, 0.29) is 17.8 Å². The molecule has 0 aromatic carbocycles. The highest BCUT2D eigenvalue weighted by Gasteiger charge is 2.77. The third-order valence-electron chi connectivity index (χ3n) is 12.7. The zero-order valence-electron chi connectivity index (χ0n) is 22.9. The van der Waals surface area contributed by atoms with Crippen LogP contribution in [0, 0.1) is 63.6 Å². The van der Waals surface area contributed by atoms with Crippen molar-refractivity contribution < 1.29 is 14.3 Å². The molecule has 12 atom stereocenters. The van der Waals surface area contributed by atoms with Gasteiger partial charge in [-0.05, 0) is 111 Å². The Labute approximate surface area is 208 Å². The van der Waals surface area contributed by atoms with E-state index < -0.39 is 0 Å². The molecule has 0 N–H and O–H groups in total. The lowest BCUT2D eigenvalue weighted by Gasteiger charge is -2.61. The first-order valence-corrected chi connectivity index (χ1v) is 14.5. The summed E-state index contributed by atoms with van der Waals surface area (Å²) in [6.45, 7) is 14.3. The molecular formula is C31H50O3. The van der Waals surface area contributed by atoms with Gasteiger partial charge in [0.25, 0.3) is 0 Å². The molecule has 0 aromatic rings. The van der Waals surface area contributed by atoms with Gasteiger partial charge in [0, 0.05) is 12.5 Å². The zero-order valence-corrected chi connectivity index (χ0v) is 22.9. The predicted molar refractivity (Wildman–Crippen MR) is 137 cm³/mol. The summed E-state index contributed by atoms with van der Waals surface area (Å²) in [6, 6.07) is 0. The Morgan fingerprint density at radius 2 is 1.79 bits per heavy atom. The first kappa shape index (κ1) is 24.8. The molecule has 0 amide bonds. The van der Waals surface area contributed by atoms with Crippen LogP contribution in [-0.2, 0) is 14.3 Å². The highest BCUT2D eigenvalue weighted by Crippen LogP contribution is 2.82. The Hall–Kier alpha value is -0.830. The minimum atomic E-state index is -0.0790. The van der Waals surface area contributed by atoms with Gasteiger partial charge < -0.3 is 9.47 Å². The fourth-order valence-electron chi connectivity index (χ4n) is 10.6. The Kier molecular flexibility index (Phi) is 6.31. The number of ether oxygens (including phenoxy) is 2. The van der Waals surface area contributed by atoms with Gasteiger partial charge in [0.15, 0.2) is 0 Å². The summed E-state index contributed by atoms with van der Waals surface area (Å²) in [4.78, 5) is 12.2. The van der Waals surface area contributed by atoms with Gasteiger partial charge in [-0.15, -0.1) is 0 Å². The molecule has 5 aliphatic rings. The highest BCUT2D eigenvalue weighted by atomic mass is 16.5. The molecule has 0 saturated heterocycles. The van der Waals surface area contributed by atoms with Gasteiger partial charge in [0.2, 0.25) is 0 Å². The SMILES string of the molecule is CCOC(=O)[C@H](C)[C@H](C)/C=C/[C@@H](C)[C@H]1CC[C@H]2[C@@H]3C[C@@H](OC)[C@]45C[C@H]4CC[C@]5(C)[C@H]3CC[C@]12C. The molecular weight excluding hydrogens is 420 g/mol. The topological polar surface area (TPSA) is 35.5 Å². The van der Waals surface area contributed by atoms with Crippen LogP contribution in [0.15, 0.2) is 12.2 Å². The van der Waals surface area contributed by atoms with Crippen molar-refractivity contribution in [2.24, 2.45) is 63.6 Å². The molecule has 0 unspecified atom stereocenters. The summed E-state index contributed by atoms with van der Waals surface area (Å²) in [7, 11) is 2.00. The van der Waals surface area contributed by atoms with Gasteiger partial charge >= 0.3 is 5.97 Å². The van der Waals surface area contributed by atoms with Gasteiger partial charge in [-0.1, -0.05) is 46.8 Å². The number of carbonyl (C=O) groups excluding carboxylic acids is 1. The normalized spacial score (nSPS) is 49.5. The largest absolute Gasteiger partial charge is 0.466 e. The summed E-state index contributed by atoms with van der Waals surface area (Å²) < 4.78 is 11.5. The second kappa shape index (κ2) is 8.63. The maximum Gasteiger partial charge on any atom is 0.309 e. The standard InChI is InChI=1S/C31H50O3/c1-8-34-28(32)21(4)19(2)9-10-20(3)24-11-12-25-23-17-27(33-7)31-18-22(31)13-16-30(31,6)26(23)14-15-29(24,25)5/h9-10,19-27H,8,11-18H2,1-7H3/b10-9+/t19-,20-,21-,22-,23+,24-,25+,26+,27-,29-,30-,31+/m1/s1. The zero-order chi connectivity index (χ0) is 24.5. The van der Waals surface area contributed by atoms with Crippen molar-refractivity contribution in [1.29, 1.82) is 0 Å². The number of carbonyl (C=O) groups is 1. The first-order chi connectivity index (χ1) is 16.1. The van der Waals surface area contributed by atoms with E-state index in [4.69, 9.17) is 9.47 Å². The van der Waals surface area contributed by atoms with Crippen LogP contribution in [0.3, 0.4) is 0 Å².